The lowest BCUT2D eigenvalue weighted by Gasteiger charge is -2.20. The standard InChI is InChI=1S/C13H11Cl2FN2/c1-18(11-5-3-2-4-10(11)16)8-9-6-7-12(14)17-13(9)15/h2-7H,8H2,1H3. The van der Waals surface area contributed by atoms with Crippen molar-refractivity contribution in [2.75, 3.05) is 11.9 Å². The van der Waals surface area contributed by atoms with Gasteiger partial charge in [0.05, 0.1) is 5.69 Å². The molecule has 0 aliphatic rings. The van der Waals surface area contributed by atoms with E-state index in [1.54, 1.807) is 42.3 Å². The molecule has 0 saturated heterocycles. The average molecular weight is 285 g/mol. The Morgan fingerprint density at radius 3 is 2.56 bits per heavy atom. The molecule has 5 heteroatoms. The second kappa shape index (κ2) is 5.55. The second-order valence-electron chi connectivity index (χ2n) is 3.89. The summed E-state index contributed by atoms with van der Waals surface area (Å²) < 4.78 is 13.6. The van der Waals surface area contributed by atoms with E-state index in [1.807, 2.05) is 0 Å². The maximum atomic E-state index is 13.6. The number of hydrogen-bond acceptors (Lipinski definition) is 2. The Balaban J connectivity index is 2.21. The molecule has 0 unspecified atom stereocenters. The summed E-state index contributed by atoms with van der Waals surface area (Å²) in [5, 5.41) is 0.683. The Morgan fingerprint density at radius 1 is 1.17 bits per heavy atom. The summed E-state index contributed by atoms with van der Waals surface area (Å²) in [4.78, 5) is 5.72. The fraction of sp³-hybridized carbons (Fsp3) is 0.154. The summed E-state index contributed by atoms with van der Waals surface area (Å²) >= 11 is 11.7. The molecule has 0 bridgehead atoms. The molecule has 1 aromatic carbocycles. The van der Waals surface area contributed by atoms with E-state index in [4.69, 9.17) is 23.2 Å². The van der Waals surface area contributed by atoms with Gasteiger partial charge in [0.2, 0.25) is 0 Å². The van der Waals surface area contributed by atoms with Gasteiger partial charge in [-0.05, 0) is 18.2 Å². The van der Waals surface area contributed by atoms with Gasteiger partial charge in [-0.3, -0.25) is 0 Å². The van der Waals surface area contributed by atoms with Crippen LogP contribution >= 0.6 is 23.2 Å². The molecule has 94 valence electrons. The van der Waals surface area contributed by atoms with Crippen LogP contribution in [0, 0.1) is 5.82 Å². The number of aromatic nitrogens is 1. The normalized spacial score (nSPS) is 10.4. The van der Waals surface area contributed by atoms with Gasteiger partial charge in [0, 0.05) is 19.2 Å². The van der Waals surface area contributed by atoms with Crippen molar-refractivity contribution in [2.24, 2.45) is 0 Å². The van der Waals surface area contributed by atoms with Gasteiger partial charge in [0.15, 0.2) is 0 Å². The molecule has 1 aromatic heterocycles. The first-order valence-electron chi connectivity index (χ1n) is 5.34. The Kier molecular flexibility index (Phi) is 4.04. The van der Waals surface area contributed by atoms with Gasteiger partial charge < -0.3 is 4.90 Å². The summed E-state index contributed by atoms with van der Waals surface area (Å²) in [7, 11) is 1.79. The number of benzene rings is 1. The van der Waals surface area contributed by atoms with Crippen molar-refractivity contribution in [1.29, 1.82) is 0 Å². The molecule has 0 atom stereocenters. The predicted octanol–water partition coefficient (Wildman–Crippen LogP) is 4.16. The smallest absolute Gasteiger partial charge is 0.146 e. The van der Waals surface area contributed by atoms with E-state index in [0.717, 1.165) is 5.56 Å². The number of nitrogens with zero attached hydrogens (tertiary/aromatic N) is 2. The van der Waals surface area contributed by atoms with Crippen molar-refractivity contribution in [3.8, 4) is 0 Å². The Bertz CT molecular complexity index is 560. The van der Waals surface area contributed by atoms with Gasteiger partial charge in [0.1, 0.15) is 16.1 Å². The number of para-hydroxylation sites is 1. The largest absolute Gasteiger partial charge is 0.368 e. The van der Waals surface area contributed by atoms with Crippen LogP contribution in [0.3, 0.4) is 0 Å². The summed E-state index contributed by atoms with van der Waals surface area (Å²) in [6.07, 6.45) is 0. The zero-order valence-electron chi connectivity index (χ0n) is 9.70. The predicted molar refractivity (Wildman–Crippen MR) is 72.8 cm³/mol. The Hall–Kier alpha value is -1.32. The van der Waals surface area contributed by atoms with E-state index in [-0.39, 0.29) is 5.82 Å². The summed E-state index contributed by atoms with van der Waals surface area (Å²) in [6, 6.07) is 10.0. The number of halogens is 3. The van der Waals surface area contributed by atoms with Crippen LogP contribution in [0.4, 0.5) is 10.1 Å². The minimum absolute atomic E-state index is 0.266. The molecule has 0 spiro atoms. The lowest BCUT2D eigenvalue weighted by Crippen LogP contribution is -2.18. The molecule has 0 fully saturated rings. The van der Waals surface area contributed by atoms with Gasteiger partial charge in [-0.2, -0.15) is 0 Å². The highest BCUT2D eigenvalue weighted by molar-refractivity contribution is 6.32. The quantitative estimate of drug-likeness (QED) is 0.787. The van der Waals surface area contributed by atoms with Crippen LogP contribution in [0.5, 0.6) is 0 Å². The van der Waals surface area contributed by atoms with Gasteiger partial charge in [-0.1, -0.05) is 41.4 Å². The highest BCUT2D eigenvalue weighted by Gasteiger charge is 2.10. The van der Waals surface area contributed by atoms with Gasteiger partial charge >= 0.3 is 0 Å². The van der Waals surface area contributed by atoms with E-state index in [9.17, 15) is 4.39 Å². The fourth-order valence-electron chi connectivity index (χ4n) is 1.66. The zero-order chi connectivity index (χ0) is 13.1. The minimum atomic E-state index is -0.266. The van der Waals surface area contributed by atoms with Crippen molar-refractivity contribution in [3.05, 3.63) is 58.1 Å². The maximum absolute atomic E-state index is 13.6. The van der Waals surface area contributed by atoms with Crippen LogP contribution in [0.15, 0.2) is 36.4 Å². The molecule has 0 aliphatic carbocycles. The Labute approximate surface area is 115 Å². The number of hydrogen-bond donors (Lipinski definition) is 0. The van der Waals surface area contributed by atoms with Crippen LogP contribution in [0.2, 0.25) is 10.3 Å². The van der Waals surface area contributed by atoms with Gasteiger partial charge in [-0.25, -0.2) is 9.37 Å². The number of pyridine rings is 1. The topological polar surface area (TPSA) is 16.1 Å². The average Bonchev–Trinajstić information content (AvgIpc) is 2.33. The Morgan fingerprint density at radius 2 is 1.89 bits per heavy atom. The highest BCUT2D eigenvalue weighted by Crippen LogP contribution is 2.22. The highest BCUT2D eigenvalue weighted by atomic mass is 35.5. The SMILES string of the molecule is CN(Cc1ccc(Cl)nc1Cl)c1ccccc1F. The molecule has 0 amide bonds. The van der Waals surface area contributed by atoms with Crippen molar-refractivity contribution in [2.45, 2.75) is 6.54 Å². The van der Waals surface area contributed by atoms with E-state index >= 15 is 0 Å². The van der Waals surface area contributed by atoms with Crippen molar-refractivity contribution >= 4 is 28.9 Å². The molecular weight excluding hydrogens is 274 g/mol. The van der Waals surface area contributed by atoms with E-state index in [2.05, 4.69) is 4.98 Å². The molecule has 2 rings (SSSR count). The first kappa shape index (κ1) is 13.1. The van der Waals surface area contributed by atoms with Crippen LogP contribution in [0.25, 0.3) is 0 Å². The van der Waals surface area contributed by atoms with Crippen LogP contribution in [-0.2, 0) is 6.54 Å². The molecule has 0 saturated carbocycles. The lowest BCUT2D eigenvalue weighted by molar-refractivity contribution is 0.622. The fourth-order valence-corrected chi connectivity index (χ4v) is 2.07. The first-order chi connectivity index (χ1) is 8.58. The molecule has 0 N–H and O–H groups in total. The number of rotatable bonds is 3. The molecule has 1 heterocycles. The van der Waals surface area contributed by atoms with Crippen LogP contribution in [-0.4, -0.2) is 12.0 Å². The number of anilines is 1. The third-order valence-electron chi connectivity index (χ3n) is 2.56. The van der Waals surface area contributed by atoms with E-state index in [0.29, 0.717) is 22.5 Å². The molecule has 2 aromatic rings. The second-order valence-corrected chi connectivity index (χ2v) is 4.64. The maximum Gasteiger partial charge on any atom is 0.146 e. The zero-order valence-corrected chi connectivity index (χ0v) is 11.2. The van der Waals surface area contributed by atoms with E-state index < -0.39 is 0 Å². The molecule has 0 aliphatic heterocycles. The van der Waals surface area contributed by atoms with Gasteiger partial charge in [0.25, 0.3) is 0 Å². The minimum Gasteiger partial charge on any atom is -0.368 e. The van der Waals surface area contributed by atoms with Crippen molar-refractivity contribution in [1.82, 2.24) is 4.98 Å². The molecule has 0 radical (unpaired) electrons. The third-order valence-corrected chi connectivity index (χ3v) is 3.10. The third kappa shape index (κ3) is 2.92. The summed E-state index contributed by atoms with van der Waals surface area (Å²) in [5.41, 5.74) is 1.32. The van der Waals surface area contributed by atoms with E-state index in [1.165, 1.54) is 6.07 Å². The molecular formula is C13H11Cl2FN2. The van der Waals surface area contributed by atoms with Crippen LogP contribution in [0.1, 0.15) is 5.56 Å². The lowest BCUT2D eigenvalue weighted by atomic mass is 10.2. The molecule has 18 heavy (non-hydrogen) atoms. The monoisotopic (exact) mass is 284 g/mol. The van der Waals surface area contributed by atoms with Crippen molar-refractivity contribution < 1.29 is 4.39 Å². The first-order valence-corrected chi connectivity index (χ1v) is 6.10. The van der Waals surface area contributed by atoms with Crippen LogP contribution < -0.4 is 4.90 Å². The van der Waals surface area contributed by atoms with Crippen molar-refractivity contribution in [3.63, 3.8) is 0 Å². The summed E-state index contributed by atoms with van der Waals surface area (Å²) in [6.45, 7) is 0.462. The summed E-state index contributed by atoms with van der Waals surface area (Å²) in [5.74, 6) is -0.266. The van der Waals surface area contributed by atoms with Gasteiger partial charge in [-0.15, -0.1) is 0 Å². The molecule has 2 nitrogen and oxygen atoms in total.